The molecule has 3 heterocycles. The maximum Gasteiger partial charge on any atom is 0.231 e. The van der Waals surface area contributed by atoms with Gasteiger partial charge in [-0.25, -0.2) is 4.98 Å². The van der Waals surface area contributed by atoms with Crippen LogP contribution >= 0.6 is 11.6 Å². The average Bonchev–Trinajstić information content (AvgIpc) is 3.33. The molecule has 1 aromatic heterocycles. The first-order chi connectivity index (χ1) is 16.2. The highest BCUT2D eigenvalue weighted by Crippen LogP contribution is 2.43. The Hall–Kier alpha value is -3.00. The monoisotopic (exact) mass is 467 g/mol. The van der Waals surface area contributed by atoms with Crippen molar-refractivity contribution in [2.75, 3.05) is 51.5 Å². The largest absolute Gasteiger partial charge is 0.507 e. The molecule has 1 fully saturated rings. The number of benzene rings is 2. The number of para-hydroxylation sites is 1. The molecule has 0 aliphatic carbocycles. The summed E-state index contributed by atoms with van der Waals surface area (Å²) < 4.78 is 16.7. The van der Waals surface area contributed by atoms with Crippen LogP contribution in [-0.4, -0.2) is 61.2 Å². The summed E-state index contributed by atoms with van der Waals surface area (Å²) in [5.41, 5.74) is 3.02. The summed E-state index contributed by atoms with van der Waals surface area (Å²) >= 11 is 6.21. The van der Waals surface area contributed by atoms with Crippen molar-refractivity contribution in [3.8, 4) is 39.6 Å². The van der Waals surface area contributed by atoms with Crippen LogP contribution in [0.5, 0.6) is 17.2 Å². The lowest BCUT2D eigenvalue weighted by atomic mass is 10.0. The zero-order valence-electron chi connectivity index (χ0n) is 18.2. The zero-order valence-corrected chi connectivity index (χ0v) is 19.0. The second kappa shape index (κ2) is 9.87. The number of rotatable bonds is 7. The number of ether oxygens (including phenoxy) is 3. The highest BCUT2D eigenvalue weighted by molar-refractivity contribution is 6.31. The summed E-state index contributed by atoms with van der Waals surface area (Å²) in [5.74, 6) is 2.28. The number of aromatic hydroxyl groups is 1. The number of hydrogen-bond donors (Lipinski definition) is 2. The maximum absolute atomic E-state index is 10.5. The molecule has 2 aliphatic rings. The molecule has 5 rings (SSSR count). The van der Waals surface area contributed by atoms with Crippen LogP contribution in [0.15, 0.2) is 48.5 Å². The van der Waals surface area contributed by atoms with Crippen LogP contribution in [0, 0.1) is 0 Å². The predicted octanol–water partition coefficient (Wildman–Crippen LogP) is 4.64. The van der Waals surface area contributed by atoms with E-state index in [-0.39, 0.29) is 12.5 Å². The molecule has 8 heteroatoms. The third kappa shape index (κ3) is 5.00. The number of phenolic OH excluding ortho intramolecular Hbond substituents is 1. The minimum absolute atomic E-state index is 0.125. The first kappa shape index (κ1) is 21.8. The lowest BCUT2D eigenvalue weighted by Gasteiger charge is -2.26. The van der Waals surface area contributed by atoms with Crippen LogP contribution in [0.1, 0.15) is 6.42 Å². The lowest BCUT2D eigenvalue weighted by molar-refractivity contribution is 0.0378. The van der Waals surface area contributed by atoms with Crippen LogP contribution in [-0.2, 0) is 4.74 Å². The maximum atomic E-state index is 10.5. The fourth-order valence-corrected chi connectivity index (χ4v) is 4.30. The van der Waals surface area contributed by atoms with Gasteiger partial charge in [0.25, 0.3) is 0 Å². The Kier molecular flexibility index (Phi) is 6.53. The van der Waals surface area contributed by atoms with Crippen molar-refractivity contribution < 1.29 is 19.3 Å². The Balaban J connectivity index is 1.43. The molecule has 0 spiro atoms. The molecule has 2 aliphatic heterocycles. The molecule has 0 bridgehead atoms. The van der Waals surface area contributed by atoms with Gasteiger partial charge in [0.1, 0.15) is 11.6 Å². The van der Waals surface area contributed by atoms with Crippen molar-refractivity contribution in [2.45, 2.75) is 6.42 Å². The van der Waals surface area contributed by atoms with Crippen molar-refractivity contribution in [1.29, 1.82) is 0 Å². The van der Waals surface area contributed by atoms with Gasteiger partial charge in [0, 0.05) is 35.8 Å². The molecule has 0 saturated carbocycles. The van der Waals surface area contributed by atoms with E-state index < -0.39 is 0 Å². The summed E-state index contributed by atoms with van der Waals surface area (Å²) in [6.45, 7) is 5.55. The van der Waals surface area contributed by atoms with Gasteiger partial charge in [0.2, 0.25) is 6.79 Å². The number of aromatic nitrogens is 1. The van der Waals surface area contributed by atoms with Crippen LogP contribution in [0.3, 0.4) is 0 Å². The number of anilines is 1. The van der Waals surface area contributed by atoms with Gasteiger partial charge in [0.15, 0.2) is 11.5 Å². The van der Waals surface area contributed by atoms with E-state index in [1.807, 2.05) is 30.3 Å². The van der Waals surface area contributed by atoms with Gasteiger partial charge in [0.05, 0.1) is 18.9 Å². The van der Waals surface area contributed by atoms with E-state index >= 15 is 0 Å². The highest BCUT2D eigenvalue weighted by atomic mass is 35.5. The second-order valence-electron chi connectivity index (χ2n) is 8.06. The van der Waals surface area contributed by atoms with E-state index in [0.29, 0.717) is 22.0 Å². The van der Waals surface area contributed by atoms with E-state index in [2.05, 4.69) is 10.2 Å². The van der Waals surface area contributed by atoms with Gasteiger partial charge in [-0.3, -0.25) is 4.90 Å². The van der Waals surface area contributed by atoms with Crippen molar-refractivity contribution in [3.63, 3.8) is 0 Å². The van der Waals surface area contributed by atoms with Crippen LogP contribution in [0.4, 0.5) is 5.82 Å². The quantitative estimate of drug-likeness (QED) is 0.490. The van der Waals surface area contributed by atoms with Crippen LogP contribution < -0.4 is 14.8 Å². The standard InChI is InChI=1S/C25H26ClN3O4/c26-18-5-6-22(30)20(15-18)21-13-17(19-3-1-4-23-25(19)33-16-32-23)14-24(28-21)27-7-2-8-29-9-11-31-12-10-29/h1,3-6,13-15,30H,2,7-12,16H2,(H,27,28). The minimum Gasteiger partial charge on any atom is -0.507 e. The Morgan fingerprint density at radius 1 is 1.03 bits per heavy atom. The van der Waals surface area contributed by atoms with Gasteiger partial charge >= 0.3 is 0 Å². The van der Waals surface area contributed by atoms with Crippen molar-refractivity contribution in [1.82, 2.24) is 9.88 Å². The van der Waals surface area contributed by atoms with Gasteiger partial charge in [-0.2, -0.15) is 0 Å². The van der Waals surface area contributed by atoms with E-state index in [9.17, 15) is 5.11 Å². The molecule has 1 saturated heterocycles. The molecule has 2 N–H and O–H groups in total. The number of morpholine rings is 1. The summed E-state index contributed by atoms with van der Waals surface area (Å²) in [7, 11) is 0. The van der Waals surface area contributed by atoms with Crippen molar-refractivity contribution in [3.05, 3.63) is 53.6 Å². The molecule has 33 heavy (non-hydrogen) atoms. The normalized spacial score (nSPS) is 15.5. The number of nitrogens with zero attached hydrogens (tertiary/aromatic N) is 2. The van der Waals surface area contributed by atoms with Crippen LogP contribution in [0.25, 0.3) is 22.4 Å². The molecule has 172 valence electrons. The molecule has 0 atom stereocenters. The second-order valence-corrected chi connectivity index (χ2v) is 8.50. The Bertz CT molecular complexity index is 1130. The molecule has 0 radical (unpaired) electrons. The number of halogens is 1. The zero-order chi connectivity index (χ0) is 22.6. The molecule has 7 nitrogen and oxygen atoms in total. The Morgan fingerprint density at radius 2 is 1.91 bits per heavy atom. The third-order valence-electron chi connectivity index (χ3n) is 5.83. The third-order valence-corrected chi connectivity index (χ3v) is 6.06. The molecule has 2 aromatic carbocycles. The SMILES string of the molecule is Oc1ccc(Cl)cc1-c1cc(-c2cccc3c2OCO3)cc(NCCCN2CCOCC2)n1. The fourth-order valence-electron chi connectivity index (χ4n) is 4.13. The summed E-state index contributed by atoms with van der Waals surface area (Å²) in [5, 5.41) is 14.5. The minimum atomic E-state index is 0.125. The van der Waals surface area contributed by atoms with Gasteiger partial charge < -0.3 is 24.6 Å². The molecule has 0 amide bonds. The number of pyridine rings is 1. The van der Waals surface area contributed by atoms with Gasteiger partial charge in [-0.05, 0) is 54.9 Å². The molecular formula is C25H26ClN3O4. The van der Waals surface area contributed by atoms with Crippen LogP contribution in [0.2, 0.25) is 5.02 Å². The van der Waals surface area contributed by atoms with E-state index in [0.717, 1.165) is 68.5 Å². The summed E-state index contributed by atoms with van der Waals surface area (Å²) in [6.07, 6.45) is 0.987. The lowest BCUT2D eigenvalue weighted by Crippen LogP contribution is -2.37. The van der Waals surface area contributed by atoms with E-state index in [4.69, 9.17) is 30.8 Å². The number of nitrogens with one attached hydrogen (secondary N) is 1. The molecule has 0 unspecified atom stereocenters. The first-order valence-corrected chi connectivity index (χ1v) is 11.5. The van der Waals surface area contributed by atoms with Crippen molar-refractivity contribution >= 4 is 17.4 Å². The summed E-state index contributed by atoms with van der Waals surface area (Å²) in [6, 6.07) is 14.7. The summed E-state index contributed by atoms with van der Waals surface area (Å²) in [4.78, 5) is 7.19. The molecular weight excluding hydrogens is 442 g/mol. The van der Waals surface area contributed by atoms with Gasteiger partial charge in [-0.1, -0.05) is 23.7 Å². The van der Waals surface area contributed by atoms with E-state index in [1.165, 1.54) is 0 Å². The van der Waals surface area contributed by atoms with Gasteiger partial charge in [-0.15, -0.1) is 0 Å². The van der Waals surface area contributed by atoms with E-state index in [1.54, 1.807) is 18.2 Å². The molecule has 3 aromatic rings. The smallest absolute Gasteiger partial charge is 0.231 e. The Morgan fingerprint density at radius 3 is 2.79 bits per heavy atom. The highest BCUT2D eigenvalue weighted by Gasteiger charge is 2.20. The number of fused-ring (bicyclic) bond motifs is 1. The van der Waals surface area contributed by atoms with Crippen molar-refractivity contribution in [2.24, 2.45) is 0 Å². The first-order valence-electron chi connectivity index (χ1n) is 11.1. The topological polar surface area (TPSA) is 76.1 Å². The Labute approximate surface area is 197 Å². The number of hydrogen-bond acceptors (Lipinski definition) is 7. The number of phenols is 1. The average molecular weight is 468 g/mol. The fraction of sp³-hybridized carbons (Fsp3) is 0.320. The predicted molar refractivity (Wildman–Crippen MR) is 128 cm³/mol.